The van der Waals surface area contributed by atoms with Gasteiger partial charge in [0, 0.05) is 30.1 Å². The number of benzene rings is 1. The predicted octanol–water partition coefficient (Wildman–Crippen LogP) is 4.34. The van der Waals surface area contributed by atoms with Gasteiger partial charge < -0.3 is 5.32 Å². The number of hydrogen-bond acceptors (Lipinski definition) is 7. The molecular weight excluding hydrogens is 432 g/mol. The summed E-state index contributed by atoms with van der Waals surface area (Å²) in [6.45, 7) is 0.467. The third-order valence-electron chi connectivity index (χ3n) is 4.81. The second-order valence-electron chi connectivity index (χ2n) is 6.95. The fourth-order valence-corrected chi connectivity index (χ4v) is 3.48. The number of rotatable bonds is 6. The van der Waals surface area contributed by atoms with Crippen molar-refractivity contribution in [1.82, 2.24) is 29.4 Å². The number of anilines is 2. The molecule has 0 spiro atoms. The summed E-state index contributed by atoms with van der Waals surface area (Å²) in [5.41, 5.74) is 3.90. The first kappa shape index (κ1) is 19.6. The number of aromatic nitrogens is 6. The Bertz CT molecular complexity index is 1430. The molecule has 158 valence electrons. The summed E-state index contributed by atoms with van der Waals surface area (Å²) in [6, 6.07) is 12.1. The van der Waals surface area contributed by atoms with Crippen LogP contribution in [0.1, 0.15) is 5.56 Å². The van der Waals surface area contributed by atoms with Crippen LogP contribution in [0, 0.1) is 10.1 Å². The van der Waals surface area contributed by atoms with Crippen molar-refractivity contribution in [3.8, 4) is 11.3 Å². The second kappa shape index (κ2) is 8.08. The molecule has 4 aromatic heterocycles. The molecule has 10 nitrogen and oxygen atoms in total. The number of nitro groups is 1. The number of pyridine rings is 1. The molecule has 0 aliphatic carbocycles. The van der Waals surface area contributed by atoms with Crippen molar-refractivity contribution in [1.29, 1.82) is 0 Å². The van der Waals surface area contributed by atoms with Crippen LogP contribution >= 0.6 is 11.6 Å². The van der Waals surface area contributed by atoms with E-state index in [1.165, 1.54) is 12.1 Å². The molecule has 5 aromatic rings. The number of non-ortho nitro benzene ring substituents is 1. The minimum atomic E-state index is -0.424. The van der Waals surface area contributed by atoms with Crippen LogP contribution in [0.15, 0.2) is 73.4 Å². The van der Waals surface area contributed by atoms with Crippen molar-refractivity contribution in [3.05, 3.63) is 94.1 Å². The number of nitro benzene ring substituents is 1. The van der Waals surface area contributed by atoms with Crippen LogP contribution in [-0.2, 0) is 6.54 Å². The molecule has 32 heavy (non-hydrogen) atoms. The van der Waals surface area contributed by atoms with Crippen LogP contribution in [0.25, 0.3) is 16.8 Å². The smallest absolute Gasteiger partial charge is 0.269 e. The highest BCUT2D eigenvalue weighted by molar-refractivity contribution is 6.33. The molecule has 0 fully saturated rings. The molecule has 0 radical (unpaired) electrons. The summed E-state index contributed by atoms with van der Waals surface area (Å²) in [6.07, 6.45) is 8.56. The van der Waals surface area contributed by atoms with Crippen molar-refractivity contribution >= 4 is 34.4 Å². The topological polar surface area (TPSA) is 116 Å². The van der Waals surface area contributed by atoms with Gasteiger partial charge in [0.2, 0.25) is 5.95 Å². The van der Waals surface area contributed by atoms with Gasteiger partial charge in [0.1, 0.15) is 0 Å². The van der Waals surface area contributed by atoms with Crippen molar-refractivity contribution in [2.75, 3.05) is 5.32 Å². The lowest BCUT2D eigenvalue weighted by Crippen LogP contribution is -2.00. The van der Waals surface area contributed by atoms with Gasteiger partial charge in [0.25, 0.3) is 5.69 Å². The van der Waals surface area contributed by atoms with E-state index in [-0.39, 0.29) is 5.69 Å². The Balaban J connectivity index is 1.35. The summed E-state index contributed by atoms with van der Waals surface area (Å²) in [4.78, 5) is 19.2. The molecule has 0 unspecified atom stereocenters. The molecule has 0 aliphatic heterocycles. The van der Waals surface area contributed by atoms with Gasteiger partial charge in [-0.3, -0.25) is 14.8 Å². The summed E-state index contributed by atoms with van der Waals surface area (Å²) < 4.78 is 3.47. The van der Waals surface area contributed by atoms with E-state index >= 15 is 0 Å². The van der Waals surface area contributed by atoms with Crippen molar-refractivity contribution < 1.29 is 4.92 Å². The SMILES string of the molecule is O=[N+]([O-])c1ccc(Cn2cc(Nc3ncc(Cl)c(-c4cnn5ccccc45)n3)cn2)cc1. The maximum Gasteiger partial charge on any atom is 0.269 e. The second-order valence-corrected chi connectivity index (χ2v) is 7.36. The van der Waals surface area contributed by atoms with Crippen molar-refractivity contribution in [3.63, 3.8) is 0 Å². The Kier molecular flexibility index (Phi) is 4.96. The quantitative estimate of drug-likeness (QED) is 0.304. The zero-order chi connectivity index (χ0) is 22.1. The van der Waals surface area contributed by atoms with Gasteiger partial charge >= 0.3 is 0 Å². The fraction of sp³-hybridized carbons (Fsp3) is 0.0476. The summed E-state index contributed by atoms with van der Waals surface area (Å²) >= 11 is 6.37. The van der Waals surface area contributed by atoms with E-state index in [1.807, 2.05) is 24.4 Å². The van der Waals surface area contributed by atoms with E-state index < -0.39 is 4.92 Å². The van der Waals surface area contributed by atoms with Gasteiger partial charge in [-0.25, -0.2) is 14.5 Å². The molecule has 1 aromatic carbocycles. The predicted molar refractivity (Wildman–Crippen MR) is 119 cm³/mol. The Morgan fingerprint density at radius 1 is 1.06 bits per heavy atom. The highest BCUT2D eigenvalue weighted by atomic mass is 35.5. The number of hydrogen-bond donors (Lipinski definition) is 1. The summed E-state index contributed by atoms with van der Waals surface area (Å²) in [5.74, 6) is 0.370. The van der Waals surface area contributed by atoms with E-state index in [4.69, 9.17) is 11.6 Å². The van der Waals surface area contributed by atoms with Gasteiger partial charge in [-0.05, 0) is 17.7 Å². The van der Waals surface area contributed by atoms with Crippen LogP contribution in [0.5, 0.6) is 0 Å². The van der Waals surface area contributed by atoms with Gasteiger partial charge in [0.15, 0.2) is 0 Å². The van der Waals surface area contributed by atoms with Gasteiger partial charge in [-0.15, -0.1) is 0 Å². The third kappa shape index (κ3) is 3.86. The Labute approximate surface area is 186 Å². The molecule has 0 saturated heterocycles. The highest BCUT2D eigenvalue weighted by Gasteiger charge is 2.14. The zero-order valence-corrected chi connectivity index (χ0v) is 17.2. The third-order valence-corrected chi connectivity index (χ3v) is 5.08. The maximum absolute atomic E-state index is 10.8. The fourth-order valence-electron chi connectivity index (χ4n) is 3.29. The molecule has 0 saturated carbocycles. The number of fused-ring (bicyclic) bond motifs is 1. The lowest BCUT2D eigenvalue weighted by atomic mass is 10.2. The Morgan fingerprint density at radius 3 is 2.72 bits per heavy atom. The molecular formula is C21H15ClN8O2. The lowest BCUT2D eigenvalue weighted by molar-refractivity contribution is -0.384. The van der Waals surface area contributed by atoms with Crippen LogP contribution in [0.4, 0.5) is 17.3 Å². The van der Waals surface area contributed by atoms with Gasteiger partial charge in [-0.2, -0.15) is 10.2 Å². The summed E-state index contributed by atoms with van der Waals surface area (Å²) in [5, 5.41) is 23.0. The molecule has 0 bridgehead atoms. The van der Waals surface area contributed by atoms with Gasteiger partial charge in [0.05, 0.1) is 52.0 Å². The highest BCUT2D eigenvalue weighted by Crippen LogP contribution is 2.30. The lowest BCUT2D eigenvalue weighted by Gasteiger charge is -2.06. The van der Waals surface area contributed by atoms with E-state index in [0.717, 1.165) is 16.6 Å². The van der Waals surface area contributed by atoms with Crippen LogP contribution in [0.3, 0.4) is 0 Å². The number of nitrogens with one attached hydrogen (secondary N) is 1. The van der Waals surface area contributed by atoms with E-state index in [0.29, 0.717) is 28.9 Å². The molecule has 1 N–H and O–H groups in total. The Hall–Kier alpha value is -4.31. The monoisotopic (exact) mass is 446 g/mol. The molecule has 11 heteroatoms. The first-order valence-corrected chi connectivity index (χ1v) is 9.93. The minimum absolute atomic E-state index is 0.0541. The van der Waals surface area contributed by atoms with Gasteiger partial charge in [-0.1, -0.05) is 29.8 Å². The van der Waals surface area contributed by atoms with Crippen LogP contribution in [-0.4, -0.2) is 34.3 Å². The van der Waals surface area contributed by atoms with Crippen molar-refractivity contribution in [2.24, 2.45) is 0 Å². The molecule has 5 rings (SSSR count). The average molecular weight is 447 g/mol. The molecule has 0 atom stereocenters. The zero-order valence-electron chi connectivity index (χ0n) is 16.5. The molecule has 4 heterocycles. The minimum Gasteiger partial charge on any atom is -0.321 e. The summed E-state index contributed by atoms with van der Waals surface area (Å²) in [7, 11) is 0. The standard InChI is InChI=1S/C21H15ClN8O2/c22-18-11-23-21(27-20(18)17-10-25-29-8-2-1-3-19(17)29)26-15-9-24-28(13-15)12-14-4-6-16(7-5-14)30(31)32/h1-11,13H,12H2,(H,23,26,27). The number of halogens is 1. The number of nitrogens with zero attached hydrogens (tertiary/aromatic N) is 7. The van der Waals surface area contributed by atoms with E-state index in [9.17, 15) is 10.1 Å². The van der Waals surface area contributed by atoms with Crippen LogP contribution < -0.4 is 5.32 Å². The van der Waals surface area contributed by atoms with Crippen LogP contribution in [0.2, 0.25) is 5.02 Å². The first-order chi connectivity index (χ1) is 15.6. The Morgan fingerprint density at radius 2 is 1.91 bits per heavy atom. The normalized spacial score (nSPS) is 11.0. The first-order valence-electron chi connectivity index (χ1n) is 9.55. The largest absolute Gasteiger partial charge is 0.321 e. The molecule has 0 aliphatic rings. The van der Waals surface area contributed by atoms with E-state index in [1.54, 1.807) is 46.1 Å². The van der Waals surface area contributed by atoms with Crippen molar-refractivity contribution in [2.45, 2.75) is 6.54 Å². The molecule has 0 amide bonds. The van der Waals surface area contributed by atoms with E-state index in [2.05, 4.69) is 25.5 Å². The average Bonchev–Trinajstić information content (AvgIpc) is 3.42. The maximum atomic E-state index is 10.8.